The van der Waals surface area contributed by atoms with Gasteiger partial charge in [-0.3, -0.25) is 14.5 Å². The standard InChI is InChI=1S/C21H22N6O2/c1-13-17(16(11-22)21(29-13)26-8-2-3-9-26)20(28)27-10-4-5-15(12-27)19-23-18(24-25-19)14-6-7-14/h2-3,8-9,14-15H,4-7,10,12H2,1H3,(H,23,24,25)/t15-/m1/s1. The number of carbonyl (C=O) groups excluding carboxylic acids is 1. The first-order valence-electron chi connectivity index (χ1n) is 10.0. The summed E-state index contributed by atoms with van der Waals surface area (Å²) in [6, 6.07) is 5.87. The number of aromatic amines is 1. The smallest absolute Gasteiger partial charge is 0.258 e. The molecule has 0 aromatic carbocycles. The van der Waals surface area contributed by atoms with Gasteiger partial charge in [0, 0.05) is 37.3 Å². The molecular weight excluding hydrogens is 368 g/mol. The van der Waals surface area contributed by atoms with Gasteiger partial charge in [-0.25, -0.2) is 4.98 Å². The van der Waals surface area contributed by atoms with Gasteiger partial charge in [-0.1, -0.05) is 0 Å². The van der Waals surface area contributed by atoms with Gasteiger partial charge in [-0.2, -0.15) is 10.4 Å². The van der Waals surface area contributed by atoms with Crippen molar-refractivity contribution in [3.05, 3.63) is 53.1 Å². The Labute approximate surface area is 168 Å². The van der Waals surface area contributed by atoms with Crippen LogP contribution in [0.3, 0.4) is 0 Å². The molecule has 0 radical (unpaired) electrons. The van der Waals surface area contributed by atoms with Gasteiger partial charge >= 0.3 is 0 Å². The third kappa shape index (κ3) is 3.12. The fraction of sp³-hybridized carbons (Fsp3) is 0.429. The average Bonchev–Trinajstić information content (AvgIpc) is 3.14. The molecule has 5 rings (SSSR count). The van der Waals surface area contributed by atoms with Gasteiger partial charge in [0.05, 0.1) is 0 Å². The number of aromatic nitrogens is 4. The van der Waals surface area contributed by atoms with E-state index in [0.717, 1.165) is 24.5 Å². The van der Waals surface area contributed by atoms with Gasteiger partial charge in [-0.15, -0.1) is 0 Å². The Morgan fingerprint density at radius 1 is 1.28 bits per heavy atom. The molecule has 0 spiro atoms. The minimum absolute atomic E-state index is 0.109. The van der Waals surface area contributed by atoms with Crippen LogP contribution in [0.25, 0.3) is 5.88 Å². The Morgan fingerprint density at radius 3 is 2.79 bits per heavy atom. The zero-order valence-corrected chi connectivity index (χ0v) is 16.3. The van der Waals surface area contributed by atoms with E-state index >= 15 is 0 Å². The molecule has 1 N–H and O–H groups in total. The molecule has 4 heterocycles. The molecule has 148 valence electrons. The lowest BCUT2D eigenvalue weighted by Crippen LogP contribution is -2.39. The summed E-state index contributed by atoms with van der Waals surface area (Å²) in [6.07, 6.45) is 7.77. The fourth-order valence-electron chi connectivity index (χ4n) is 4.08. The Kier molecular flexibility index (Phi) is 4.23. The van der Waals surface area contributed by atoms with Crippen molar-refractivity contribution in [1.82, 2.24) is 24.6 Å². The number of hydrogen-bond donors (Lipinski definition) is 1. The number of hydrogen-bond acceptors (Lipinski definition) is 5. The third-order valence-electron chi connectivity index (χ3n) is 5.79. The molecule has 3 aromatic heterocycles. The highest BCUT2D eigenvalue weighted by molar-refractivity contribution is 5.98. The second-order valence-electron chi connectivity index (χ2n) is 7.86. The van der Waals surface area contributed by atoms with Gasteiger partial charge in [0.25, 0.3) is 5.91 Å². The molecule has 1 saturated carbocycles. The highest BCUT2D eigenvalue weighted by Crippen LogP contribution is 2.38. The maximum Gasteiger partial charge on any atom is 0.258 e. The minimum Gasteiger partial charge on any atom is -0.443 e. The quantitative estimate of drug-likeness (QED) is 0.736. The summed E-state index contributed by atoms with van der Waals surface area (Å²) in [4.78, 5) is 19.8. The number of H-pyrrole nitrogens is 1. The maximum absolute atomic E-state index is 13.3. The van der Waals surface area contributed by atoms with Crippen LogP contribution in [0.15, 0.2) is 28.9 Å². The van der Waals surface area contributed by atoms with Gasteiger partial charge in [0.1, 0.15) is 28.8 Å². The van der Waals surface area contributed by atoms with Crippen molar-refractivity contribution in [2.75, 3.05) is 13.1 Å². The molecule has 8 nitrogen and oxygen atoms in total. The number of nitriles is 1. The van der Waals surface area contributed by atoms with Gasteiger partial charge in [-0.05, 0) is 44.7 Å². The summed E-state index contributed by atoms with van der Waals surface area (Å²) in [5.74, 6) is 3.08. The Bertz CT molecular complexity index is 1080. The SMILES string of the molecule is Cc1oc(-n2cccc2)c(C#N)c1C(=O)N1CCC[C@@H](c2n[nH]c(C3CC3)n2)C1. The van der Waals surface area contributed by atoms with Crippen LogP contribution in [0.4, 0.5) is 0 Å². The van der Waals surface area contributed by atoms with Crippen molar-refractivity contribution in [2.24, 2.45) is 0 Å². The number of piperidine rings is 1. The van der Waals surface area contributed by atoms with Crippen LogP contribution < -0.4 is 0 Å². The zero-order chi connectivity index (χ0) is 20.0. The highest BCUT2D eigenvalue weighted by Gasteiger charge is 2.34. The van der Waals surface area contributed by atoms with E-state index in [-0.39, 0.29) is 17.4 Å². The van der Waals surface area contributed by atoms with Crippen LogP contribution >= 0.6 is 0 Å². The maximum atomic E-state index is 13.3. The predicted molar refractivity (Wildman–Crippen MR) is 104 cm³/mol. The van der Waals surface area contributed by atoms with E-state index in [9.17, 15) is 10.1 Å². The van der Waals surface area contributed by atoms with Crippen LogP contribution in [0.1, 0.15) is 70.8 Å². The molecule has 3 aromatic rings. The molecular formula is C21H22N6O2. The van der Waals surface area contributed by atoms with E-state index in [2.05, 4.69) is 21.3 Å². The largest absolute Gasteiger partial charge is 0.443 e. The molecule has 0 unspecified atom stereocenters. The summed E-state index contributed by atoms with van der Waals surface area (Å²) >= 11 is 0. The van der Waals surface area contributed by atoms with E-state index in [1.807, 2.05) is 12.1 Å². The summed E-state index contributed by atoms with van der Waals surface area (Å²) in [5, 5.41) is 17.2. The van der Waals surface area contributed by atoms with Crippen molar-refractivity contribution < 1.29 is 9.21 Å². The lowest BCUT2D eigenvalue weighted by molar-refractivity contribution is 0.0702. The normalized spacial score (nSPS) is 19.3. The molecule has 1 aliphatic heterocycles. The van der Waals surface area contributed by atoms with Gasteiger partial charge in [0.2, 0.25) is 5.88 Å². The number of aryl methyl sites for hydroxylation is 1. The van der Waals surface area contributed by atoms with Crippen molar-refractivity contribution in [3.63, 3.8) is 0 Å². The number of rotatable bonds is 4. The molecule has 2 fully saturated rings. The van der Waals surface area contributed by atoms with Gasteiger partial charge in [0.15, 0.2) is 5.82 Å². The zero-order valence-electron chi connectivity index (χ0n) is 16.3. The number of amides is 1. The van der Waals surface area contributed by atoms with Crippen LogP contribution in [0, 0.1) is 18.3 Å². The number of furan rings is 1. The van der Waals surface area contributed by atoms with E-state index in [1.165, 1.54) is 12.8 Å². The lowest BCUT2D eigenvalue weighted by atomic mass is 9.96. The van der Waals surface area contributed by atoms with Crippen LogP contribution in [0.5, 0.6) is 0 Å². The van der Waals surface area contributed by atoms with Crippen molar-refractivity contribution in [2.45, 2.75) is 44.4 Å². The summed E-state index contributed by atoms with van der Waals surface area (Å²) in [5.41, 5.74) is 0.630. The van der Waals surface area contributed by atoms with Crippen molar-refractivity contribution in [1.29, 1.82) is 5.26 Å². The molecule has 0 bridgehead atoms. The summed E-state index contributed by atoms with van der Waals surface area (Å²) in [6.45, 7) is 2.94. The molecule has 1 aliphatic carbocycles. The lowest BCUT2D eigenvalue weighted by Gasteiger charge is -2.31. The van der Waals surface area contributed by atoms with E-state index in [4.69, 9.17) is 4.42 Å². The van der Waals surface area contributed by atoms with Crippen LogP contribution in [-0.4, -0.2) is 43.6 Å². The Morgan fingerprint density at radius 2 is 2.07 bits per heavy atom. The predicted octanol–water partition coefficient (Wildman–Crippen LogP) is 3.27. The molecule has 1 amide bonds. The number of likely N-dealkylation sites (tertiary alicyclic amines) is 1. The average molecular weight is 390 g/mol. The third-order valence-corrected chi connectivity index (χ3v) is 5.79. The minimum atomic E-state index is -0.163. The molecule has 1 atom stereocenters. The van der Waals surface area contributed by atoms with E-state index < -0.39 is 0 Å². The van der Waals surface area contributed by atoms with Gasteiger partial charge < -0.3 is 9.32 Å². The first-order chi connectivity index (χ1) is 14.2. The number of nitrogens with zero attached hydrogens (tertiary/aromatic N) is 5. The molecule has 8 heteroatoms. The Balaban J connectivity index is 1.40. The highest BCUT2D eigenvalue weighted by atomic mass is 16.4. The molecule has 29 heavy (non-hydrogen) atoms. The fourth-order valence-corrected chi connectivity index (χ4v) is 4.08. The summed E-state index contributed by atoms with van der Waals surface area (Å²) in [7, 11) is 0. The monoisotopic (exact) mass is 390 g/mol. The van der Waals surface area contributed by atoms with Crippen molar-refractivity contribution >= 4 is 5.91 Å². The van der Waals surface area contributed by atoms with E-state index in [1.54, 1.807) is 28.8 Å². The first-order valence-corrected chi connectivity index (χ1v) is 10.0. The number of nitrogens with one attached hydrogen (secondary N) is 1. The summed E-state index contributed by atoms with van der Waals surface area (Å²) < 4.78 is 7.52. The second kappa shape index (κ2) is 6.92. The van der Waals surface area contributed by atoms with E-state index in [0.29, 0.717) is 36.2 Å². The second-order valence-corrected chi connectivity index (χ2v) is 7.86. The molecule has 2 aliphatic rings. The van der Waals surface area contributed by atoms with Crippen LogP contribution in [-0.2, 0) is 0 Å². The number of carbonyl (C=O) groups is 1. The Hall–Kier alpha value is -3.34. The first kappa shape index (κ1) is 17.7. The molecule has 1 saturated heterocycles. The topological polar surface area (TPSA) is 104 Å². The van der Waals surface area contributed by atoms with Crippen molar-refractivity contribution in [3.8, 4) is 12.0 Å². The van der Waals surface area contributed by atoms with Crippen LogP contribution in [0.2, 0.25) is 0 Å².